The van der Waals surface area contributed by atoms with Crippen molar-refractivity contribution < 1.29 is 4.42 Å². The van der Waals surface area contributed by atoms with Crippen LogP contribution < -0.4 is 4.90 Å². The van der Waals surface area contributed by atoms with Crippen molar-refractivity contribution in [3.8, 4) is 44.5 Å². The van der Waals surface area contributed by atoms with Crippen molar-refractivity contribution in [2.24, 2.45) is 0 Å². The van der Waals surface area contributed by atoms with E-state index in [1.165, 1.54) is 81.5 Å². The molecule has 0 atom stereocenters. The van der Waals surface area contributed by atoms with Crippen molar-refractivity contribution in [3.05, 3.63) is 210 Å². The maximum absolute atomic E-state index is 6.55. The van der Waals surface area contributed by atoms with E-state index in [2.05, 4.69) is 215 Å². The van der Waals surface area contributed by atoms with E-state index < -0.39 is 0 Å². The minimum Gasteiger partial charge on any atom is -0.455 e. The van der Waals surface area contributed by atoms with E-state index in [1.807, 2.05) is 17.4 Å². The molecule has 0 unspecified atom stereocenters. The van der Waals surface area contributed by atoms with Crippen molar-refractivity contribution in [3.63, 3.8) is 0 Å². The van der Waals surface area contributed by atoms with Crippen LogP contribution in [0.2, 0.25) is 0 Å². The number of para-hydroxylation sites is 2. The number of hydrogen-bond acceptors (Lipinski definition) is 3. The molecule has 2 nitrogen and oxygen atoms in total. The van der Waals surface area contributed by atoms with E-state index in [9.17, 15) is 0 Å². The fourth-order valence-corrected chi connectivity index (χ4v) is 12.2. The van der Waals surface area contributed by atoms with Crippen LogP contribution in [0.3, 0.4) is 0 Å². The van der Waals surface area contributed by atoms with Crippen LogP contribution in [-0.4, -0.2) is 0 Å². The molecule has 0 saturated carbocycles. The highest BCUT2D eigenvalue weighted by Gasteiger charge is 2.41. The number of hydrogen-bond donors (Lipinski definition) is 0. The zero-order chi connectivity index (χ0) is 42.2. The summed E-state index contributed by atoms with van der Waals surface area (Å²) >= 11 is 1.91. The van der Waals surface area contributed by atoms with Crippen molar-refractivity contribution in [2.75, 3.05) is 4.90 Å². The summed E-state index contributed by atoms with van der Waals surface area (Å²) in [5, 5.41) is 4.86. The Bertz CT molecular complexity index is 3680. The SMILES string of the molecule is CC1(C)c2ccccc2-c2ccc(N(c3ccc(-c4cccc5c4oc4ccccc45)cc3)c3c4c(cc5sc6ccccc6c35)C(C)(C)c3cc(-c5ccccc5)ccc3-4)cc21. The smallest absolute Gasteiger partial charge is 0.143 e. The van der Waals surface area contributed by atoms with E-state index in [4.69, 9.17) is 4.42 Å². The fraction of sp³-hybridized carbons (Fsp3) is 0.100. The predicted octanol–water partition coefficient (Wildman–Crippen LogP) is 17.4. The van der Waals surface area contributed by atoms with Crippen LogP contribution >= 0.6 is 11.3 Å². The lowest BCUT2D eigenvalue weighted by atomic mass is 9.81. The number of benzene rings is 9. The first-order chi connectivity index (χ1) is 30.8. The minimum atomic E-state index is -0.239. The fourth-order valence-electron chi connectivity index (χ4n) is 11.1. The molecule has 3 heteroatoms. The summed E-state index contributed by atoms with van der Waals surface area (Å²) < 4.78 is 9.16. The van der Waals surface area contributed by atoms with E-state index in [0.29, 0.717) is 0 Å². The molecule has 13 rings (SSSR count). The Morgan fingerprint density at radius 2 is 1.05 bits per heavy atom. The molecule has 0 aliphatic heterocycles. The van der Waals surface area contributed by atoms with Gasteiger partial charge in [0.1, 0.15) is 11.2 Å². The Hall–Kier alpha value is -7.20. The average molecular weight is 826 g/mol. The number of rotatable bonds is 5. The van der Waals surface area contributed by atoms with Crippen LogP contribution in [0.4, 0.5) is 17.1 Å². The van der Waals surface area contributed by atoms with Gasteiger partial charge in [0.15, 0.2) is 0 Å². The maximum Gasteiger partial charge on any atom is 0.143 e. The van der Waals surface area contributed by atoms with E-state index >= 15 is 0 Å². The molecule has 11 aromatic rings. The van der Waals surface area contributed by atoms with E-state index in [0.717, 1.165) is 44.4 Å². The van der Waals surface area contributed by atoms with Crippen LogP contribution in [-0.2, 0) is 10.8 Å². The van der Waals surface area contributed by atoms with Crippen molar-refractivity contribution in [1.82, 2.24) is 0 Å². The summed E-state index contributed by atoms with van der Waals surface area (Å²) in [6.07, 6.45) is 0. The quantitative estimate of drug-likeness (QED) is 0.172. The van der Waals surface area contributed by atoms with Crippen molar-refractivity contribution in [1.29, 1.82) is 0 Å². The first-order valence-corrected chi connectivity index (χ1v) is 22.8. The van der Waals surface area contributed by atoms with Gasteiger partial charge in [-0.15, -0.1) is 11.3 Å². The lowest BCUT2D eigenvalue weighted by Crippen LogP contribution is -2.18. The van der Waals surface area contributed by atoms with Gasteiger partial charge in [0.25, 0.3) is 0 Å². The largest absolute Gasteiger partial charge is 0.455 e. The molecular weight excluding hydrogens is 783 g/mol. The van der Waals surface area contributed by atoms with Gasteiger partial charge in [-0.1, -0.05) is 167 Å². The number of furan rings is 1. The third-order valence-electron chi connectivity index (χ3n) is 14.3. The number of nitrogens with zero attached hydrogens (tertiary/aromatic N) is 1. The first kappa shape index (κ1) is 36.5. The standard InChI is InChI=1S/C60H43NOS/c1-59(2)48-22-11-8-17-42(48)43-32-30-40(34-50(43)59)61(39-28-25-37(26-29-39)41-20-14-21-45-44-18-9-12-23-52(44)62-58(41)45)57-55-46-31-27-38(36-15-6-5-7-16-36)33-49(46)60(3,4)51(55)35-54-56(57)47-19-10-13-24-53(47)63-54/h5-35H,1-4H3. The van der Waals surface area contributed by atoms with Gasteiger partial charge >= 0.3 is 0 Å². The third-order valence-corrected chi connectivity index (χ3v) is 15.4. The molecule has 0 saturated heterocycles. The van der Waals surface area contributed by atoms with Crippen LogP contribution in [0.1, 0.15) is 49.9 Å². The van der Waals surface area contributed by atoms with Gasteiger partial charge < -0.3 is 9.32 Å². The Balaban J connectivity index is 1.09. The Labute approximate surface area is 371 Å². The predicted molar refractivity (Wildman–Crippen MR) is 267 cm³/mol. The van der Waals surface area contributed by atoms with E-state index in [-0.39, 0.29) is 10.8 Å². The molecule has 2 aliphatic rings. The summed E-state index contributed by atoms with van der Waals surface area (Å²) in [6, 6.07) is 69.7. The maximum atomic E-state index is 6.55. The highest BCUT2D eigenvalue weighted by molar-refractivity contribution is 7.26. The van der Waals surface area contributed by atoms with Gasteiger partial charge in [-0.3, -0.25) is 0 Å². The molecule has 2 aromatic heterocycles. The van der Waals surface area contributed by atoms with Crippen LogP contribution in [0.15, 0.2) is 192 Å². The Kier molecular flexibility index (Phi) is 7.61. The summed E-state index contributed by atoms with van der Waals surface area (Å²) in [4.78, 5) is 2.58. The average Bonchev–Trinajstić information content (AvgIpc) is 4.02. The number of fused-ring (bicyclic) bond motifs is 12. The highest BCUT2D eigenvalue weighted by Crippen LogP contribution is 2.60. The van der Waals surface area contributed by atoms with Gasteiger partial charge in [0, 0.05) is 64.3 Å². The normalized spacial score (nSPS) is 14.3. The minimum absolute atomic E-state index is 0.159. The van der Waals surface area contributed by atoms with Gasteiger partial charge in [0.05, 0.1) is 5.69 Å². The second-order valence-electron chi connectivity index (χ2n) is 18.4. The first-order valence-electron chi connectivity index (χ1n) is 22.0. The molecule has 2 heterocycles. The molecule has 0 radical (unpaired) electrons. The molecule has 0 fully saturated rings. The van der Waals surface area contributed by atoms with Gasteiger partial charge in [-0.2, -0.15) is 0 Å². The van der Waals surface area contributed by atoms with Crippen LogP contribution in [0.5, 0.6) is 0 Å². The molecular formula is C60H43NOS. The topological polar surface area (TPSA) is 16.4 Å². The molecule has 2 aliphatic carbocycles. The van der Waals surface area contributed by atoms with Gasteiger partial charge in [0.2, 0.25) is 0 Å². The molecule has 0 bridgehead atoms. The highest BCUT2D eigenvalue weighted by atomic mass is 32.1. The summed E-state index contributed by atoms with van der Waals surface area (Å²) in [5.74, 6) is 0. The van der Waals surface area contributed by atoms with E-state index in [1.54, 1.807) is 0 Å². The second-order valence-corrected chi connectivity index (χ2v) is 19.5. The van der Waals surface area contributed by atoms with Crippen LogP contribution in [0.25, 0.3) is 86.6 Å². The second kappa shape index (κ2) is 13.2. The van der Waals surface area contributed by atoms with Gasteiger partial charge in [-0.25, -0.2) is 0 Å². The zero-order valence-corrected chi connectivity index (χ0v) is 36.5. The molecule has 0 amide bonds. The third kappa shape index (κ3) is 5.18. The number of anilines is 3. The lowest BCUT2D eigenvalue weighted by molar-refractivity contribution is 0.660. The summed E-state index contributed by atoms with van der Waals surface area (Å²) in [6.45, 7) is 9.60. The molecule has 9 aromatic carbocycles. The van der Waals surface area contributed by atoms with Crippen molar-refractivity contribution >= 4 is 70.5 Å². The Morgan fingerprint density at radius 1 is 0.413 bits per heavy atom. The molecule has 300 valence electrons. The Morgan fingerprint density at radius 3 is 1.90 bits per heavy atom. The van der Waals surface area contributed by atoms with Crippen LogP contribution in [0, 0.1) is 0 Å². The van der Waals surface area contributed by atoms with Crippen molar-refractivity contribution in [2.45, 2.75) is 38.5 Å². The molecule has 63 heavy (non-hydrogen) atoms. The summed E-state index contributed by atoms with van der Waals surface area (Å²) in [5.41, 5.74) is 20.4. The molecule has 0 spiro atoms. The summed E-state index contributed by atoms with van der Waals surface area (Å²) in [7, 11) is 0. The van der Waals surface area contributed by atoms with Gasteiger partial charge in [-0.05, 0) is 104 Å². The number of thiophene rings is 1. The zero-order valence-electron chi connectivity index (χ0n) is 35.7. The lowest BCUT2D eigenvalue weighted by Gasteiger charge is -2.31. The molecule has 0 N–H and O–H groups in total. The monoisotopic (exact) mass is 825 g/mol.